The molecule has 0 saturated carbocycles. The molecule has 1 saturated heterocycles. The molecule has 0 aliphatic carbocycles. The van der Waals surface area contributed by atoms with Crippen LogP contribution in [-0.2, 0) is 6.42 Å². The molecule has 2 amide bonds. The molecule has 1 aliphatic heterocycles. The molecule has 0 aromatic carbocycles. The van der Waals surface area contributed by atoms with Gasteiger partial charge in [-0.05, 0) is 18.8 Å². The standard InChI is InChI=1S/C13H19N3O3S/c1-9-3-2-6-16(7-9)13(19)14-5-4-11-15-10(8-20-11)12(17)18/h8-9H,2-7H2,1H3,(H,14,19)(H,17,18). The molecule has 1 aromatic rings. The summed E-state index contributed by atoms with van der Waals surface area (Å²) in [6.45, 7) is 4.27. The minimum absolute atomic E-state index is 0.0356. The molecule has 20 heavy (non-hydrogen) atoms. The summed E-state index contributed by atoms with van der Waals surface area (Å²) < 4.78 is 0. The lowest BCUT2D eigenvalue weighted by Gasteiger charge is -2.30. The van der Waals surface area contributed by atoms with Crippen LogP contribution >= 0.6 is 11.3 Å². The van der Waals surface area contributed by atoms with Crippen molar-refractivity contribution >= 4 is 23.3 Å². The van der Waals surface area contributed by atoms with E-state index in [9.17, 15) is 9.59 Å². The van der Waals surface area contributed by atoms with Crippen molar-refractivity contribution < 1.29 is 14.7 Å². The molecule has 6 nitrogen and oxygen atoms in total. The van der Waals surface area contributed by atoms with Gasteiger partial charge in [0.2, 0.25) is 0 Å². The number of aromatic carboxylic acids is 1. The second-order valence-corrected chi connectivity index (χ2v) is 6.05. The summed E-state index contributed by atoms with van der Waals surface area (Å²) in [4.78, 5) is 28.5. The van der Waals surface area contributed by atoms with Gasteiger partial charge in [0.25, 0.3) is 0 Å². The third kappa shape index (κ3) is 3.93. The molecule has 1 aliphatic rings. The van der Waals surface area contributed by atoms with Crippen molar-refractivity contribution in [2.24, 2.45) is 5.92 Å². The van der Waals surface area contributed by atoms with Crippen LogP contribution in [-0.4, -0.2) is 46.6 Å². The molecular formula is C13H19N3O3S. The Kier molecular flexibility index (Phi) is 4.94. The van der Waals surface area contributed by atoms with Crippen LogP contribution in [0.4, 0.5) is 4.79 Å². The van der Waals surface area contributed by atoms with Crippen LogP contribution in [0.25, 0.3) is 0 Å². The van der Waals surface area contributed by atoms with E-state index < -0.39 is 5.97 Å². The number of urea groups is 1. The Bertz CT molecular complexity index is 489. The Morgan fingerprint density at radius 3 is 3.05 bits per heavy atom. The molecule has 7 heteroatoms. The topological polar surface area (TPSA) is 82.5 Å². The first-order chi connectivity index (χ1) is 9.56. The molecule has 1 unspecified atom stereocenters. The molecule has 1 atom stereocenters. The van der Waals surface area contributed by atoms with Gasteiger partial charge in [-0.25, -0.2) is 14.6 Å². The highest BCUT2D eigenvalue weighted by atomic mass is 32.1. The third-order valence-electron chi connectivity index (χ3n) is 3.33. The fraction of sp³-hybridized carbons (Fsp3) is 0.615. The molecule has 0 radical (unpaired) electrons. The predicted molar refractivity (Wildman–Crippen MR) is 76.1 cm³/mol. The highest BCUT2D eigenvalue weighted by molar-refractivity contribution is 7.09. The predicted octanol–water partition coefficient (Wildman–Crippen LogP) is 1.83. The summed E-state index contributed by atoms with van der Waals surface area (Å²) in [6, 6.07) is -0.0356. The van der Waals surface area contributed by atoms with E-state index in [0.717, 1.165) is 24.5 Å². The van der Waals surface area contributed by atoms with Crippen molar-refractivity contribution in [1.29, 1.82) is 0 Å². The number of aromatic nitrogens is 1. The fourth-order valence-electron chi connectivity index (χ4n) is 2.29. The zero-order valence-electron chi connectivity index (χ0n) is 11.5. The van der Waals surface area contributed by atoms with Gasteiger partial charge in [0.1, 0.15) is 0 Å². The van der Waals surface area contributed by atoms with Crippen molar-refractivity contribution in [3.05, 3.63) is 16.1 Å². The molecule has 110 valence electrons. The normalized spacial score (nSPS) is 18.9. The van der Waals surface area contributed by atoms with Gasteiger partial charge in [0.15, 0.2) is 5.69 Å². The number of piperidine rings is 1. The maximum Gasteiger partial charge on any atom is 0.355 e. The average molecular weight is 297 g/mol. The molecular weight excluding hydrogens is 278 g/mol. The van der Waals surface area contributed by atoms with E-state index in [0.29, 0.717) is 18.9 Å². The summed E-state index contributed by atoms with van der Waals surface area (Å²) in [7, 11) is 0. The van der Waals surface area contributed by atoms with E-state index in [1.165, 1.54) is 23.1 Å². The summed E-state index contributed by atoms with van der Waals surface area (Å²) in [5.74, 6) is -0.453. The molecule has 0 spiro atoms. The first-order valence-electron chi connectivity index (χ1n) is 6.76. The zero-order valence-corrected chi connectivity index (χ0v) is 12.3. The quantitative estimate of drug-likeness (QED) is 0.888. The number of nitrogens with one attached hydrogen (secondary N) is 1. The minimum atomic E-state index is -1.01. The van der Waals surface area contributed by atoms with Crippen LogP contribution in [0, 0.1) is 5.92 Å². The van der Waals surface area contributed by atoms with Gasteiger partial charge in [-0.3, -0.25) is 0 Å². The second kappa shape index (κ2) is 6.69. The third-order valence-corrected chi connectivity index (χ3v) is 4.24. The smallest absolute Gasteiger partial charge is 0.355 e. The van der Waals surface area contributed by atoms with Gasteiger partial charge >= 0.3 is 12.0 Å². The average Bonchev–Trinajstić information content (AvgIpc) is 2.87. The Labute approximate surface area is 121 Å². The number of carbonyl (C=O) groups excluding carboxylic acids is 1. The van der Waals surface area contributed by atoms with Crippen LogP contribution in [0.2, 0.25) is 0 Å². The second-order valence-electron chi connectivity index (χ2n) is 5.11. The number of carboxylic acid groups (broad SMARTS) is 1. The summed E-state index contributed by atoms with van der Waals surface area (Å²) in [6.07, 6.45) is 2.80. The Morgan fingerprint density at radius 1 is 1.60 bits per heavy atom. The molecule has 0 bridgehead atoms. The van der Waals surface area contributed by atoms with Crippen molar-refractivity contribution in [2.45, 2.75) is 26.2 Å². The van der Waals surface area contributed by atoms with Crippen LogP contribution in [0.15, 0.2) is 5.38 Å². The number of hydrogen-bond donors (Lipinski definition) is 2. The van der Waals surface area contributed by atoms with Crippen molar-refractivity contribution in [1.82, 2.24) is 15.2 Å². The number of amides is 2. The largest absolute Gasteiger partial charge is 0.476 e. The van der Waals surface area contributed by atoms with E-state index in [4.69, 9.17) is 5.11 Å². The van der Waals surface area contributed by atoms with Crippen molar-refractivity contribution in [3.8, 4) is 0 Å². The van der Waals surface area contributed by atoms with Crippen molar-refractivity contribution in [3.63, 3.8) is 0 Å². The van der Waals surface area contributed by atoms with E-state index in [2.05, 4.69) is 17.2 Å². The maximum absolute atomic E-state index is 12.0. The number of likely N-dealkylation sites (tertiary alicyclic amines) is 1. The molecule has 2 N–H and O–H groups in total. The lowest BCUT2D eigenvalue weighted by atomic mass is 10.0. The number of carbonyl (C=O) groups is 2. The van der Waals surface area contributed by atoms with Gasteiger partial charge in [0.05, 0.1) is 5.01 Å². The lowest BCUT2D eigenvalue weighted by molar-refractivity contribution is 0.0691. The van der Waals surface area contributed by atoms with Crippen LogP contribution in [0.5, 0.6) is 0 Å². The van der Waals surface area contributed by atoms with Crippen LogP contribution in [0.3, 0.4) is 0 Å². The van der Waals surface area contributed by atoms with Gasteiger partial charge in [-0.1, -0.05) is 6.92 Å². The van der Waals surface area contributed by atoms with Gasteiger partial charge < -0.3 is 15.3 Å². The van der Waals surface area contributed by atoms with E-state index in [1.807, 2.05) is 4.90 Å². The SMILES string of the molecule is CC1CCCN(C(=O)NCCc2nc(C(=O)O)cs2)C1. The maximum atomic E-state index is 12.0. The van der Waals surface area contributed by atoms with Crippen LogP contribution < -0.4 is 5.32 Å². The first kappa shape index (κ1) is 14.8. The molecule has 1 aromatic heterocycles. The minimum Gasteiger partial charge on any atom is -0.476 e. The van der Waals surface area contributed by atoms with Gasteiger partial charge in [0, 0.05) is 31.4 Å². The van der Waals surface area contributed by atoms with E-state index >= 15 is 0 Å². The molecule has 1 fully saturated rings. The highest BCUT2D eigenvalue weighted by Gasteiger charge is 2.20. The van der Waals surface area contributed by atoms with Crippen LogP contribution in [0.1, 0.15) is 35.3 Å². The number of rotatable bonds is 4. The first-order valence-corrected chi connectivity index (χ1v) is 7.64. The Hall–Kier alpha value is -1.63. The summed E-state index contributed by atoms with van der Waals surface area (Å²) >= 11 is 1.31. The lowest BCUT2D eigenvalue weighted by Crippen LogP contribution is -2.45. The van der Waals surface area contributed by atoms with Crippen molar-refractivity contribution in [2.75, 3.05) is 19.6 Å². The number of nitrogens with zero attached hydrogens (tertiary/aromatic N) is 2. The number of thiazole rings is 1. The summed E-state index contributed by atoms with van der Waals surface area (Å²) in [5.41, 5.74) is 0.0705. The summed E-state index contributed by atoms with van der Waals surface area (Å²) in [5, 5.41) is 13.9. The monoisotopic (exact) mass is 297 g/mol. The van der Waals surface area contributed by atoms with Gasteiger partial charge in [-0.15, -0.1) is 11.3 Å². The molecule has 2 heterocycles. The highest BCUT2D eigenvalue weighted by Crippen LogP contribution is 2.15. The Balaban J connectivity index is 1.74. The Morgan fingerprint density at radius 2 is 2.40 bits per heavy atom. The van der Waals surface area contributed by atoms with Gasteiger partial charge in [-0.2, -0.15) is 0 Å². The molecule has 2 rings (SSSR count). The van der Waals surface area contributed by atoms with E-state index in [-0.39, 0.29) is 11.7 Å². The number of hydrogen-bond acceptors (Lipinski definition) is 4. The zero-order chi connectivity index (χ0) is 14.5. The fourth-order valence-corrected chi connectivity index (χ4v) is 3.06. The van der Waals surface area contributed by atoms with E-state index in [1.54, 1.807) is 0 Å². The number of carboxylic acids is 1.